The maximum Gasteiger partial charge on any atom is 0.408 e. The number of aromatic amines is 1. The van der Waals surface area contributed by atoms with Crippen molar-refractivity contribution in [1.29, 1.82) is 0 Å². The van der Waals surface area contributed by atoms with Gasteiger partial charge in [-0.1, -0.05) is 51.8 Å². The molecule has 65 heavy (non-hydrogen) atoms. The smallest absolute Gasteiger partial charge is 0.408 e. The molecule has 0 unspecified atom stereocenters. The van der Waals surface area contributed by atoms with Crippen LogP contribution in [0.4, 0.5) is 4.79 Å². The van der Waals surface area contributed by atoms with Gasteiger partial charge in [0.25, 0.3) is 5.91 Å². The summed E-state index contributed by atoms with van der Waals surface area (Å²) < 4.78 is 46.9. The molecule has 18 heteroatoms. The monoisotopic (exact) mass is 916 g/mol. The molecule has 3 aliphatic carbocycles. The number of amides is 4. The van der Waals surface area contributed by atoms with E-state index in [4.69, 9.17) is 19.2 Å². The second-order valence-electron chi connectivity index (χ2n) is 20.1. The third-order valence-corrected chi connectivity index (χ3v) is 16.0. The molecule has 7 atom stereocenters. The first kappa shape index (κ1) is 46.3. The van der Waals surface area contributed by atoms with E-state index >= 15 is 0 Å². The number of alkyl carbamates (subject to hydrolysis) is 1. The lowest BCUT2D eigenvalue weighted by molar-refractivity contribution is -0.142. The average molecular weight is 917 g/mol. The Hall–Kier alpha value is -5.23. The molecular weight excluding hydrogens is 853 g/mol. The number of hydrogen-bond donors (Lipinski definition) is 4. The van der Waals surface area contributed by atoms with Crippen LogP contribution in [0.1, 0.15) is 103 Å². The number of benzene rings is 1. The van der Waals surface area contributed by atoms with Crippen LogP contribution in [0.5, 0.6) is 11.6 Å². The van der Waals surface area contributed by atoms with E-state index in [-0.39, 0.29) is 31.4 Å². The second kappa shape index (κ2) is 18.2. The Morgan fingerprint density at radius 3 is 2.62 bits per heavy atom. The Morgan fingerprint density at radius 2 is 1.91 bits per heavy atom. The fourth-order valence-corrected chi connectivity index (χ4v) is 10.5. The zero-order valence-electron chi connectivity index (χ0n) is 38.2. The number of nitrogens with zero attached hydrogens (tertiary/aromatic N) is 4. The Balaban J connectivity index is 1.10. The summed E-state index contributed by atoms with van der Waals surface area (Å²) in [5.41, 5.74) is -0.928. The Labute approximate surface area is 381 Å². The molecule has 3 saturated carbocycles. The minimum absolute atomic E-state index is 0.0155. The highest BCUT2D eigenvalue weighted by Crippen LogP contribution is 2.47. The van der Waals surface area contributed by atoms with Crippen molar-refractivity contribution in [3.05, 3.63) is 60.7 Å². The molecule has 0 spiro atoms. The van der Waals surface area contributed by atoms with Crippen LogP contribution in [0.3, 0.4) is 0 Å². The molecule has 1 saturated heterocycles. The van der Waals surface area contributed by atoms with Gasteiger partial charge in [0, 0.05) is 36.7 Å². The molecule has 0 radical (unpaired) electrons. The number of ether oxygens (including phenoxy) is 3. The summed E-state index contributed by atoms with van der Waals surface area (Å²) in [7, 11) is -1.98. The third-order valence-electron chi connectivity index (χ3n) is 13.8. The minimum atomic E-state index is -4.02. The molecule has 2 aliphatic heterocycles. The first-order valence-corrected chi connectivity index (χ1v) is 24.6. The van der Waals surface area contributed by atoms with Crippen LogP contribution in [0, 0.1) is 17.3 Å². The number of pyridine rings is 1. The Kier molecular flexibility index (Phi) is 13.0. The van der Waals surface area contributed by atoms with E-state index in [9.17, 15) is 27.6 Å². The van der Waals surface area contributed by atoms with E-state index in [1.807, 2.05) is 58.3 Å². The number of nitrogens with one attached hydrogen (secondary N) is 4. The predicted octanol–water partition coefficient (Wildman–Crippen LogP) is 4.91. The highest BCUT2D eigenvalue weighted by atomic mass is 32.2. The second-order valence-corrected chi connectivity index (χ2v) is 22.3. The van der Waals surface area contributed by atoms with Gasteiger partial charge < -0.3 is 34.7 Å². The standard InChI is InChI=1S/C47H64N8O9S/c1-7-30-26-47(30,43(58)53-65(60,61)46(5)18-19-46)52-40(56)35-25-31-27-55(35)42(57)39(45(2,3)4)51-44(59)64-36-24-29(36)14-9-8-10-16-33-38(32-15-11-12-17-34(32)50-41(33)63-31)62-23-13-22-54(6)28-37-48-20-21-49-37/h7,11-12,15,17,20-21,29-31,35-36,39H,1,8-10,13-14,16,18-19,22-28H2,2-6H3,(H,48,49)(H,51,59)(H,52,56)(H,53,58)/t29-,30-,31-,35+,36-,39-,47-/m1/s1. The van der Waals surface area contributed by atoms with Crippen molar-refractivity contribution in [2.75, 3.05) is 26.7 Å². The summed E-state index contributed by atoms with van der Waals surface area (Å²) in [6, 6.07) is 5.48. The van der Waals surface area contributed by atoms with Gasteiger partial charge >= 0.3 is 6.09 Å². The Morgan fingerprint density at radius 1 is 1.12 bits per heavy atom. The van der Waals surface area contributed by atoms with Gasteiger partial charge in [-0.15, -0.1) is 6.58 Å². The van der Waals surface area contributed by atoms with Crippen molar-refractivity contribution in [3.63, 3.8) is 0 Å². The van der Waals surface area contributed by atoms with Crippen molar-refractivity contribution in [2.45, 2.75) is 139 Å². The van der Waals surface area contributed by atoms with Gasteiger partial charge in [-0.25, -0.2) is 23.2 Å². The number of rotatable bonds is 13. The first-order valence-electron chi connectivity index (χ1n) is 23.1. The lowest BCUT2D eigenvalue weighted by Crippen LogP contribution is -2.60. The van der Waals surface area contributed by atoms with Gasteiger partial charge in [-0.3, -0.25) is 24.0 Å². The quantitative estimate of drug-likeness (QED) is 0.133. The van der Waals surface area contributed by atoms with Crippen molar-refractivity contribution < 1.29 is 41.8 Å². The maximum atomic E-state index is 14.9. The summed E-state index contributed by atoms with van der Waals surface area (Å²) in [6.07, 6.45) is 10.0. The maximum absolute atomic E-state index is 14.9. The summed E-state index contributed by atoms with van der Waals surface area (Å²) in [5, 5.41) is 6.55. The van der Waals surface area contributed by atoms with Crippen LogP contribution in [-0.4, -0.2) is 118 Å². The molecule has 17 nitrogen and oxygen atoms in total. The third kappa shape index (κ3) is 10.1. The number of imidazole rings is 1. The highest BCUT2D eigenvalue weighted by molar-refractivity contribution is 7.91. The molecule has 4 heterocycles. The molecule has 352 valence electrons. The van der Waals surface area contributed by atoms with Crippen molar-refractivity contribution in [1.82, 2.24) is 40.1 Å². The van der Waals surface area contributed by atoms with E-state index in [2.05, 4.69) is 36.8 Å². The van der Waals surface area contributed by atoms with Crippen LogP contribution in [0.25, 0.3) is 10.9 Å². The van der Waals surface area contributed by atoms with Crippen LogP contribution in [0.15, 0.2) is 49.3 Å². The fourth-order valence-electron chi connectivity index (χ4n) is 9.22. The largest absolute Gasteiger partial charge is 0.492 e. The molecule has 3 aromatic rings. The lowest BCUT2D eigenvalue weighted by Gasteiger charge is -2.35. The number of fused-ring (bicyclic) bond motifs is 5. The van der Waals surface area contributed by atoms with E-state index in [0.717, 1.165) is 61.8 Å². The first-order chi connectivity index (χ1) is 30.9. The van der Waals surface area contributed by atoms with Crippen molar-refractivity contribution >= 4 is 44.7 Å². The fraction of sp³-hybridized carbons (Fsp3) is 0.617. The van der Waals surface area contributed by atoms with Crippen molar-refractivity contribution in [3.8, 4) is 11.6 Å². The van der Waals surface area contributed by atoms with Gasteiger partial charge in [0.2, 0.25) is 27.7 Å². The normalized spacial score (nSPS) is 27.8. The molecule has 2 aromatic heterocycles. The number of H-pyrrole nitrogens is 1. The lowest BCUT2D eigenvalue weighted by atomic mass is 9.85. The van der Waals surface area contributed by atoms with Gasteiger partial charge in [0.1, 0.15) is 41.4 Å². The minimum Gasteiger partial charge on any atom is -0.492 e. The van der Waals surface area contributed by atoms with E-state index in [1.54, 1.807) is 13.1 Å². The topological polar surface area (TPSA) is 214 Å². The zero-order chi connectivity index (χ0) is 46.3. The molecule has 4 amide bonds. The molecular formula is C47H64N8O9S. The molecule has 4 fully saturated rings. The number of sulfonamides is 1. The number of para-hydroxylation sites is 1. The van der Waals surface area contributed by atoms with Gasteiger partial charge in [-0.05, 0) is 88.8 Å². The number of carbonyl (C=O) groups is 4. The number of hydrogen-bond acceptors (Lipinski definition) is 12. The summed E-state index contributed by atoms with van der Waals surface area (Å²) in [4.78, 5) is 72.9. The summed E-state index contributed by atoms with van der Waals surface area (Å²) in [6.45, 7) is 12.7. The van der Waals surface area contributed by atoms with Crippen molar-refractivity contribution in [2.24, 2.45) is 17.3 Å². The molecule has 2 bridgehead atoms. The van der Waals surface area contributed by atoms with Crippen LogP contribution in [0.2, 0.25) is 0 Å². The summed E-state index contributed by atoms with van der Waals surface area (Å²) >= 11 is 0. The van der Waals surface area contributed by atoms with Crippen LogP contribution in [-0.2, 0) is 42.1 Å². The van der Waals surface area contributed by atoms with Crippen LogP contribution >= 0.6 is 0 Å². The van der Waals surface area contributed by atoms with E-state index < -0.39 is 73.6 Å². The highest BCUT2D eigenvalue weighted by Gasteiger charge is 2.63. The molecule has 4 N–H and O–H groups in total. The average Bonchev–Trinajstić information content (AvgIpc) is 4.20. The Bertz CT molecular complexity index is 2400. The van der Waals surface area contributed by atoms with Crippen LogP contribution < -0.4 is 24.8 Å². The number of carbonyl (C=O) groups excluding carboxylic acids is 4. The SMILES string of the molecule is C=C[C@@H]1C[C@]1(NC(=O)[C@@H]1C[C@@H]2CN1C(=O)[C@H](C(C)(C)C)NC(=O)O[C@@H]1C[C@H]1CCCCCc1c(nc3ccccc3c1OCCCN(C)Cc1ncc[nH]1)O2)C(=O)NS(=O)(=O)C1(C)CC1. The van der Waals surface area contributed by atoms with E-state index in [1.165, 1.54) is 11.0 Å². The number of aromatic nitrogens is 3. The zero-order valence-corrected chi connectivity index (χ0v) is 39.0. The summed E-state index contributed by atoms with van der Waals surface area (Å²) in [5.74, 6) is -0.414. The van der Waals surface area contributed by atoms with Gasteiger partial charge in [0.05, 0.1) is 35.5 Å². The van der Waals surface area contributed by atoms with Gasteiger partial charge in [0.15, 0.2) is 0 Å². The van der Waals surface area contributed by atoms with E-state index in [0.29, 0.717) is 49.6 Å². The molecule has 5 aliphatic rings. The molecule has 8 rings (SSSR count). The van der Waals surface area contributed by atoms with Gasteiger partial charge in [-0.2, -0.15) is 0 Å². The molecule has 1 aromatic carbocycles. The predicted molar refractivity (Wildman–Crippen MR) is 242 cm³/mol.